The van der Waals surface area contributed by atoms with Gasteiger partial charge in [0.2, 0.25) is 0 Å². The summed E-state index contributed by atoms with van der Waals surface area (Å²) in [7, 11) is 0. The van der Waals surface area contributed by atoms with Crippen LogP contribution in [0.15, 0.2) is 0 Å². The van der Waals surface area contributed by atoms with Crippen LogP contribution in [0.4, 0.5) is 0 Å². The molecule has 0 bridgehead atoms. The van der Waals surface area contributed by atoms with Crippen molar-refractivity contribution in [2.24, 2.45) is 0 Å². The van der Waals surface area contributed by atoms with Crippen molar-refractivity contribution in [3.8, 4) is 0 Å². The van der Waals surface area contributed by atoms with Crippen molar-refractivity contribution in [2.75, 3.05) is 0 Å². The van der Waals surface area contributed by atoms with Crippen molar-refractivity contribution in [3.63, 3.8) is 0 Å². The van der Waals surface area contributed by atoms with Crippen LogP contribution in [0.1, 0.15) is 162 Å². The third kappa shape index (κ3) is 19.1. The fraction of sp³-hybridized carbons (Fsp3) is 1.00. The van der Waals surface area contributed by atoms with Gasteiger partial charge >= 0.3 is 0 Å². The van der Waals surface area contributed by atoms with E-state index in [2.05, 4.69) is 20.8 Å². The summed E-state index contributed by atoms with van der Waals surface area (Å²) in [6.07, 6.45) is 29.3. The topological polar surface area (TPSA) is 20.2 Å². The van der Waals surface area contributed by atoms with Crippen molar-refractivity contribution >= 4 is 0 Å². The van der Waals surface area contributed by atoms with Gasteiger partial charge in [-0.05, 0) is 19.3 Å². The maximum absolute atomic E-state index is 10.7. The lowest BCUT2D eigenvalue weighted by Gasteiger charge is -2.27. The van der Waals surface area contributed by atoms with Crippen molar-refractivity contribution < 1.29 is 5.11 Å². The summed E-state index contributed by atoms with van der Waals surface area (Å²) < 4.78 is 0. The molecule has 0 aromatic rings. The monoisotopic (exact) mass is 382 g/mol. The van der Waals surface area contributed by atoms with Gasteiger partial charge in [-0.1, -0.05) is 143 Å². The summed E-state index contributed by atoms with van der Waals surface area (Å²) in [4.78, 5) is 0. The Morgan fingerprint density at radius 2 is 0.667 bits per heavy atom. The van der Waals surface area contributed by atoms with Crippen LogP contribution in [0, 0.1) is 0 Å². The van der Waals surface area contributed by atoms with Crippen LogP contribution >= 0.6 is 0 Å². The summed E-state index contributed by atoms with van der Waals surface area (Å²) in [5.74, 6) is 0. The molecule has 0 saturated carbocycles. The van der Waals surface area contributed by atoms with Gasteiger partial charge in [0.05, 0.1) is 5.60 Å². The molecule has 27 heavy (non-hydrogen) atoms. The van der Waals surface area contributed by atoms with E-state index in [1.54, 1.807) is 0 Å². The van der Waals surface area contributed by atoms with E-state index in [1.165, 1.54) is 122 Å². The first-order chi connectivity index (χ1) is 13.2. The Morgan fingerprint density at radius 3 is 1.00 bits per heavy atom. The van der Waals surface area contributed by atoms with Crippen molar-refractivity contribution in [1.29, 1.82) is 0 Å². The maximum atomic E-state index is 10.7. The summed E-state index contributed by atoms with van der Waals surface area (Å²) in [5.41, 5.74) is -0.370. The average Bonchev–Trinajstić information content (AvgIpc) is 2.68. The highest BCUT2D eigenvalue weighted by atomic mass is 16.3. The first-order valence-electron chi connectivity index (χ1n) is 12.9. The zero-order valence-electron chi connectivity index (χ0n) is 19.5. The fourth-order valence-electron chi connectivity index (χ4n) is 4.18. The minimum absolute atomic E-state index is 0.370. The number of aliphatic hydroxyl groups is 1. The first kappa shape index (κ1) is 27.0. The minimum atomic E-state index is -0.370. The molecule has 1 heteroatoms. The summed E-state index contributed by atoms with van der Waals surface area (Å²) in [5, 5.41) is 10.7. The molecule has 0 saturated heterocycles. The lowest BCUT2D eigenvalue weighted by Crippen LogP contribution is -2.27. The normalized spacial score (nSPS) is 13.8. The fourth-order valence-corrected chi connectivity index (χ4v) is 4.18. The van der Waals surface area contributed by atoms with E-state index in [9.17, 15) is 5.11 Å². The van der Waals surface area contributed by atoms with E-state index in [4.69, 9.17) is 0 Å². The summed E-state index contributed by atoms with van der Waals surface area (Å²) >= 11 is 0. The zero-order chi connectivity index (χ0) is 20.1. The van der Waals surface area contributed by atoms with Gasteiger partial charge in [-0.2, -0.15) is 0 Å². The Morgan fingerprint density at radius 1 is 0.407 bits per heavy atom. The van der Waals surface area contributed by atoms with Crippen LogP contribution < -0.4 is 0 Å². The third-order valence-electron chi connectivity index (χ3n) is 6.40. The van der Waals surface area contributed by atoms with Gasteiger partial charge in [-0.25, -0.2) is 0 Å². The predicted octanol–water partition coefficient (Wildman–Crippen LogP) is 9.36. The Bertz CT molecular complexity index is 275. The number of rotatable bonds is 22. The van der Waals surface area contributed by atoms with Crippen LogP contribution in [0.2, 0.25) is 0 Å². The predicted molar refractivity (Wildman–Crippen MR) is 124 cm³/mol. The molecule has 0 rings (SSSR count). The average molecular weight is 383 g/mol. The van der Waals surface area contributed by atoms with E-state index in [0.29, 0.717) is 0 Å². The molecule has 0 fully saturated rings. The second-order valence-electron chi connectivity index (χ2n) is 9.09. The first-order valence-corrected chi connectivity index (χ1v) is 12.9. The molecule has 0 aliphatic rings. The molecule has 0 radical (unpaired) electrons. The molecule has 0 spiro atoms. The highest BCUT2D eigenvalue weighted by molar-refractivity contribution is 4.76. The molecule has 1 unspecified atom stereocenters. The second-order valence-corrected chi connectivity index (χ2v) is 9.09. The lowest BCUT2D eigenvalue weighted by atomic mass is 9.88. The van der Waals surface area contributed by atoms with Gasteiger partial charge in [-0.15, -0.1) is 0 Å². The highest BCUT2D eigenvalue weighted by Gasteiger charge is 2.22. The largest absolute Gasteiger partial charge is 0.390 e. The number of hydrogen-bond acceptors (Lipinski definition) is 1. The maximum Gasteiger partial charge on any atom is 0.0645 e. The quantitative estimate of drug-likeness (QED) is 0.185. The van der Waals surface area contributed by atoms with Gasteiger partial charge in [0.1, 0.15) is 0 Å². The van der Waals surface area contributed by atoms with Crippen LogP contribution in [0.3, 0.4) is 0 Å². The molecule has 164 valence electrons. The van der Waals surface area contributed by atoms with Crippen LogP contribution in [0.5, 0.6) is 0 Å². The van der Waals surface area contributed by atoms with Gasteiger partial charge in [-0.3, -0.25) is 0 Å². The SMILES string of the molecule is CCCCCCCCCCCCCCCCCCC(O)(CC)CCCCC. The molecular weight excluding hydrogens is 328 g/mol. The molecule has 1 nitrogen and oxygen atoms in total. The zero-order valence-corrected chi connectivity index (χ0v) is 19.5. The van der Waals surface area contributed by atoms with Gasteiger partial charge in [0.25, 0.3) is 0 Å². The van der Waals surface area contributed by atoms with E-state index in [0.717, 1.165) is 19.3 Å². The molecule has 0 aliphatic carbocycles. The van der Waals surface area contributed by atoms with Gasteiger partial charge in [0.15, 0.2) is 0 Å². The van der Waals surface area contributed by atoms with Crippen LogP contribution in [-0.4, -0.2) is 10.7 Å². The molecule has 0 heterocycles. The van der Waals surface area contributed by atoms with E-state index >= 15 is 0 Å². The van der Waals surface area contributed by atoms with Gasteiger partial charge < -0.3 is 5.11 Å². The Labute approximate surface area is 173 Å². The van der Waals surface area contributed by atoms with Crippen LogP contribution in [0.25, 0.3) is 0 Å². The Kier molecular flexibility index (Phi) is 20.7. The molecule has 1 atom stereocenters. The lowest BCUT2D eigenvalue weighted by molar-refractivity contribution is 0.0141. The van der Waals surface area contributed by atoms with E-state index in [1.807, 2.05) is 0 Å². The Balaban J connectivity index is 3.28. The van der Waals surface area contributed by atoms with Crippen molar-refractivity contribution in [1.82, 2.24) is 0 Å². The van der Waals surface area contributed by atoms with Crippen molar-refractivity contribution in [2.45, 2.75) is 168 Å². The molecule has 0 aromatic carbocycles. The molecule has 0 amide bonds. The standard InChI is InChI=1S/C26H54O/c1-4-7-9-10-11-12-13-14-15-16-17-18-19-20-21-23-25-26(27,6-3)24-22-8-5-2/h27H,4-25H2,1-3H3. The summed E-state index contributed by atoms with van der Waals surface area (Å²) in [6, 6.07) is 0. The summed E-state index contributed by atoms with van der Waals surface area (Å²) in [6.45, 7) is 6.68. The van der Waals surface area contributed by atoms with Crippen LogP contribution in [-0.2, 0) is 0 Å². The van der Waals surface area contributed by atoms with E-state index < -0.39 is 0 Å². The van der Waals surface area contributed by atoms with E-state index in [-0.39, 0.29) is 5.60 Å². The van der Waals surface area contributed by atoms with Crippen molar-refractivity contribution in [3.05, 3.63) is 0 Å². The molecule has 0 aliphatic heterocycles. The molecule has 1 N–H and O–H groups in total. The highest BCUT2D eigenvalue weighted by Crippen LogP contribution is 2.26. The molecular formula is C26H54O. The molecule has 0 aromatic heterocycles. The second kappa shape index (κ2) is 20.7. The Hall–Kier alpha value is -0.0400. The third-order valence-corrected chi connectivity index (χ3v) is 6.40. The minimum Gasteiger partial charge on any atom is -0.390 e. The van der Waals surface area contributed by atoms with Gasteiger partial charge in [0, 0.05) is 0 Å². The smallest absolute Gasteiger partial charge is 0.0645 e. The number of hydrogen-bond donors (Lipinski definition) is 1. The number of unbranched alkanes of at least 4 members (excludes halogenated alkanes) is 17.